The molecule has 0 saturated heterocycles. The van der Waals surface area contributed by atoms with E-state index < -0.39 is 0 Å². The second kappa shape index (κ2) is 5.63. The van der Waals surface area contributed by atoms with Gasteiger partial charge in [0.15, 0.2) is 0 Å². The van der Waals surface area contributed by atoms with Crippen molar-refractivity contribution in [3.63, 3.8) is 0 Å². The first-order chi connectivity index (χ1) is 8.49. The number of benzene rings is 1. The van der Waals surface area contributed by atoms with Gasteiger partial charge in [-0.25, -0.2) is 0 Å². The summed E-state index contributed by atoms with van der Waals surface area (Å²) in [6.45, 7) is 7.86. The van der Waals surface area contributed by atoms with Gasteiger partial charge in [-0.05, 0) is 48.4 Å². The zero-order valence-corrected chi connectivity index (χ0v) is 12.5. The number of aryl methyl sites for hydroxylation is 1. The van der Waals surface area contributed by atoms with E-state index in [1.807, 2.05) is 12.1 Å². The van der Waals surface area contributed by atoms with E-state index in [1.54, 1.807) is 0 Å². The fourth-order valence-electron chi connectivity index (χ4n) is 2.96. The maximum atomic E-state index is 5.99. The molecule has 1 nitrogen and oxygen atoms in total. The predicted octanol–water partition coefficient (Wildman–Crippen LogP) is 4.71. The monoisotopic (exact) mass is 265 g/mol. The van der Waals surface area contributed by atoms with Crippen LogP contribution in [0.1, 0.15) is 50.7 Å². The van der Waals surface area contributed by atoms with Gasteiger partial charge in [-0.2, -0.15) is 0 Å². The maximum Gasteiger partial charge on any atom is 0.0408 e. The molecule has 0 bridgehead atoms. The van der Waals surface area contributed by atoms with Gasteiger partial charge < -0.3 is 5.32 Å². The van der Waals surface area contributed by atoms with Gasteiger partial charge in [-0.3, -0.25) is 0 Å². The van der Waals surface area contributed by atoms with Crippen molar-refractivity contribution in [2.45, 2.75) is 59.0 Å². The Morgan fingerprint density at radius 2 is 2.11 bits per heavy atom. The Kier molecular flexibility index (Phi) is 4.34. The number of nitrogens with one attached hydrogen (secondary N) is 1. The van der Waals surface area contributed by atoms with E-state index in [4.69, 9.17) is 11.6 Å². The third-order valence-electron chi connectivity index (χ3n) is 4.35. The molecule has 1 atom stereocenters. The topological polar surface area (TPSA) is 12.0 Å². The number of hydrogen-bond donors (Lipinski definition) is 1. The van der Waals surface area contributed by atoms with E-state index in [1.165, 1.54) is 36.8 Å². The van der Waals surface area contributed by atoms with Crippen LogP contribution in [0.5, 0.6) is 0 Å². The van der Waals surface area contributed by atoms with Crippen molar-refractivity contribution in [3.8, 4) is 0 Å². The van der Waals surface area contributed by atoms with E-state index in [9.17, 15) is 0 Å². The smallest absolute Gasteiger partial charge is 0.0408 e. The molecule has 1 unspecified atom stereocenters. The maximum absolute atomic E-state index is 5.99. The zero-order valence-electron chi connectivity index (χ0n) is 11.7. The predicted molar refractivity (Wildman–Crippen MR) is 79.1 cm³/mol. The summed E-state index contributed by atoms with van der Waals surface area (Å²) < 4.78 is 0. The average molecular weight is 266 g/mol. The summed E-state index contributed by atoms with van der Waals surface area (Å²) in [6.07, 6.45) is 5.38. The van der Waals surface area contributed by atoms with Gasteiger partial charge >= 0.3 is 0 Å². The van der Waals surface area contributed by atoms with E-state index in [-0.39, 0.29) is 0 Å². The molecule has 1 N–H and O–H groups in total. The zero-order chi connectivity index (χ0) is 13.2. The molecule has 0 radical (unpaired) electrons. The lowest BCUT2D eigenvalue weighted by molar-refractivity contribution is 0.166. The molecule has 1 fully saturated rings. The van der Waals surface area contributed by atoms with Gasteiger partial charge in [-0.1, -0.05) is 44.4 Å². The second-order valence-corrected chi connectivity index (χ2v) is 6.68. The van der Waals surface area contributed by atoms with Crippen LogP contribution in [0.3, 0.4) is 0 Å². The normalized spacial score (nSPS) is 23.0. The number of halogens is 1. The minimum absolute atomic E-state index is 0.429. The fraction of sp³-hybridized carbons (Fsp3) is 0.625. The molecular weight excluding hydrogens is 242 g/mol. The van der Waals surface area contributed by atoms with Crippen molar-refractivity contribution in [3.05, 3.63) is 34.3 Å². The van der Waals surface area contributed by atoms with Crippen molar-refractivity contribution >= 4 is 11.6 Å². The lowest BCUT2D eigenvalue weighted by Gasteiger charge is -2.39. The fourth-order valence-corrected chi connectivity index (χ4v) is 3.19. The molecule has 2 rings (SSSR count). The first kappa shape index (κ1) is 13.9. The van der Waals surface area contributed by atoms with Crippen LogP contribution in [0, 0.1) is 12.3 Å². The summed E-state index contributed by atoms with van der Waals surface area (Å²) >= 11 is 5.99. The highest BCUT2D eigenvalue weighted by molar-refractivity contribution is 6.30. The molecule has 1 aliphatic carbocycles. The Labute approximate surface area is 116 Å². The lowest BCUT2D eigenvalue weighted by atomic mass is 9.73. The Balaban J connectivity index is 1.98. The third-order valence-corrected chi connectivity index (χ3v) is 4.59. The molecule has 0 spiro atoms. The highest BCUT2D eigenvalue weighted by Gasteiger charge is 2.31. The summed E-state index contributed by atoms with van der Waals surface area (Å²) in [4.78, 5) is 0. The van der Waals surface area contributed by atoms with Crippen LogP contribution in [0.15, 0.2) is 18.2 Å². The molecule has 1 saturated carbocycles. The highest BCUT2D eigenvalue weighted by Crippen LogP contribution is 2.35. The van der Waals surface area contributed by atoms with Gasteiger partial charge in [0, 0.05) is 17.6 Å². The van der Waals surface area contributed by atoms with Crippen LogP contribution < -0.4 is 5.32 Å². The first-order valence-electron chi connectivity index (χ1n) is 6.97. The van der Waals surface area contributed by atoms with Crippen molar-refractivity contribution in [1.82, 2.24) is 5.32 Å². The average Bonchev–Trinajstić information content (AvgIpc) is 2.29. The molecular formula is C16H24ClN. The summed E-state index contributed by atoms with van der Waals surface area (Å²) in [7, 11) is 0. The summed E-state index contributed by atoms with van der Waals surface area (Å²) in [6, 6.07) is 6.81. The van der Waals surface area contributed by atoms with Crippen LogP contribution in [-0.2, 0) is 6.54 Å². The highest BCUT2D eigenvalue weighted by atomic mass is 35.5. The van der Waals surface area contributed by atoms with E-state index in [0.717, 1.165) is 11.6 Å². The number of rotatable bonds is 3. The van der Waals surface area contributed by atoms with Crippen molar-refractivity contribution < 1.29 is 0 Å². The number of hydrogen-bond acceptors (Lipinski definition) is 1. The Hall–Kier alpha value is -0.530. The molecule has 18 heavy (non-hydrogen) atoms. The minimum Gasteiger partial charge on any atom is -0.309 e. The largest absolute Gasteiger partial charge is 0.309 e. The Bertz CT molecular complexity index is 412. The van der Waals surface area contributed by atoms with Gasteiger partial charge in [0.05, 0.1) is 0 Å². The lowest BCUT2D eigenvalue weighted by Crippen LogP contribution is -2.43. The molecule has 100 valence electrons. The summed E-state index contributed by atoms with van der Waals surface area (Å²) in [5, 5.41) is 4.57. The second-order valence-electron chi connectivity index (χ2n) is 6.24. The van der Waals surface area contributed by atoms with E-state index in [0.29, 0.717) is 11.5 Å². The molecule has 1 aromatic rings. The van der Waals surface area contributed by atoms with Crippen molar-refractivity contribution in [1.29, 1.82) is 0 Å². The molecule has 0 heterocycles. The summed E-state index contributed by atoms with van der Waals surface area (Å²) in [5.74, 6) is 0. The third kappa shape index (κ3) is 3.27. The molecule has 1 aromatic carbocycles. The van der Waals surface area contributed by atoms with Crippen molar-refractivity contribution in [2.75, 3.05) is 0 Å². The van der Waals surface area contributed by atoms with Gasteiger partial charge in [0.2, 0.25) is 0 Å². The molecule has 2 heteroatoms. The molecule has 0 amide bonds. The van der Waals surface area contributed by atoms with Crippen LogP contribution in [-0.4, -0.2) is 6.04 Å². The molecule has 0 aromatic heterocycles. The van der Waals surface area contributed by atoms with Crippen LogP contribution in [0.4, 0.5) is 0 Å². The van der Waals surface area contributed by atoms with Crippen LogP contribution in [0.25, 0.3) is 0 Å². The standard InChI is InChI=1S/C16H24ClN/c1-12-10-14(17)8-7-13(12)11-18-15-6-4-5-9-16(15,2)3/h7-8,10,15,18H,4-6,9,11H2,1-3H3. The molecule has 0 aliphatic heterocycles. The van der Waals surface area contributed by atoms with Gasteiger partial charge in [-0.15, -0.1) is 0 Å². The van der Waals surface area contributed by atoms with Crippen LogP contribution >= 0.6 is 11.6 Å². The van der Waals surface area contributed by atoms with Gasteiger partial charge in [0.25, 0.3) is 0 Å². The minimum atomic E-state index is 0.429. The van der Waals surface area contributed by atoms with E-state index >= 15 is 0 Å². The van der Waals surface area contributed by atoms with Crippen LogP contribution in [0.2, 0.25) is 5.02 Å². The quantitative estimate of drug-likeness (QED) is 0.835. The Morgan fingerprint density at radius 3 is 2.78 bits per heavy atom. The Morgan fingerprint density at radius 1 is 1.33 bits per heavy atom. The molecule has 1 aliphatic rings. The first-order valence-corrected chi connectivity index (χ1v) is 7.35. The van der Waals surface area contributed by atoms with Crippen molar-refractivity contribution in [2.24, 2.45) is 5.41 Å². The van der Waals surface area contributed by atoms with Gasteiger partial charge in [0.1, 0.15) is 0 Å². The SMILES string of the molecule is Cc1cc(Cl)ccc1CNC1CCCCC1(C)C. The van der Waals surface area contributed by atoms with E-state index in [2.05, 4.69) is 32.2 Å². The summed E-state index contributed by atoms with van der Waals surface area (Å²) in [5.41, 5.74) is 3.07.